The minimum absolute atomic E-state index is 0.517. The number of likely N-dealkylation sites (tertiary alicyclic amines) is 1. The van der Waals surface area contributed by atoms with Gasteiger partial charge in [0.05, 0.1) is 12.7 Å². The summed E-state index contributed by atoms with van der Waals surface area (Å²) >= 11 is 0. The van der Waals surface area contributed by atoms with Crippen LogP contribution in [0.4, 0.5) is 0 Å². The second-order valence-corrected chi connectivity index (χ2v) is 8.88. The van der Waals surface area contributed by atoms with Crippen molar-refractivity contribution in [3.05, 3.63) is 0 Å². The largest absolute Gasteiger partial charge is 0.377 e. The molecule has 0 aromatic heterocycles. The molecule has 23 heavy (non-hydrogen) atoms. The first kappa shape index (κ1) is 19.2. The van der Waals surface area contributed by atoms with Crippen LogP contribution in [-0.2, 0) is 4.74 Å². The van der Waals surface area contributed by atoms with Crippen LogP contribution in [0.2, 0.25) is 0 Å². The van der Waals surface area contributed by atoms with E-state index in [0.717, 1.165) is 31.0 Å². The molecule has 1 saturated heterocycles. The topological polar surface area (TPSA) is 12.5 Å². The number of hydrogen-bond acceptors (Lipinski definition) is 2. The summed E-state index contributed by atoms with van der Waals surface area (Å²) in [6.07, 6.45) is 11.2. The van der Waals surface area contributed by atoms with E-state index in [4.69, 9.17) is 4.74 Å². The van der Waals surface area contributed by atoms with Crippen LogP contribution in [0.3, 0.4) is 0 Å². The molecule has 0 aromatic carbocycles. The summed E-state index contributed by atoms with van der Waals surface area (Å²) in [6.45, 7) is 15.3. The van der Waals surface area contributed by atoms with Crippen LogP contribution in [0.25, 0.3) is 0 Å². The average Bonchev–Trinajstić information content (AvgIpc) is 2.57. The second kappa shape index (κ2) is 8.85. The van der Waals surface area contributed by atoms with E-state index in [0.29, 0.717) is 11.5 Å². The molecule has 0 radical (unpaired) electrons. The molecule has 2 aliphatic rings. The van der Waals surface area contributed by atoms with Crippen molar-refractivity contribution in [2.75, 3.05) is 19.7 Å². The highest BCUT2D eigenvalue weighted by atomic mass is 16.5. The third kappa shape index (κ3) is 5.46. The summed E-state index contributed by atoms with van der Waals surface area (Å²) in [4.78, 5) is 2.67. The zero-order valence-electron chi connectivity index (χ0n) is 16.4. The Hall–Kier alpha value is -0.0800. The van der Waals surface area contributed by atoms with Crippen molar-refractivity contribution in [2.24, 2.45) is 17.3 Å². The first-order valence-corrected chi connectivity index (χ1v) is 10.3. The lowest BCUT2D eigenvalue weighted by Crippen LogP contribution is -2.43. The quantitative estimate of drug-likeness (QED) is 0.612. The summed E-state index contributed by atoms with van der Waals surface area (Å²) in [7, 11) is 0. The average molecular weight is 324 g/mol. The van der Waals surface area contributed by atoms with E-state index in [9.17, 15) is 0 Å². The van der Waals surface area contributed by atoms with Crippen LogP contribution in [0.1, 0.15) is 86.0 Å². The minimum atomic E-state index is 0.517. The Morgan fingerprint density at radius 2 is 1.70 bits per heavy atom. The smallest absolute Gasteiger partial charge is 0.0597 e. The fraction of sp³-hybridized carbons (Fsp3) is 1.00. The molecule has 1 saturated carbocycles. The first-order chi connectivity index (χ1) is 11.0. The van der Waals surface area contributed by atoms with Gasteiger partial charge < -0.3 is 4.74 Å². The number of piperidine rings is 1. The van der Waals surface area contributed by atoms with E-state index in [1.54, 1.807) is 0 Å². The molecule has 0 amide bonds. The van der Waals surface area contributed by atoms with Gasteiger partial charge in [0.15, 0.2) is 0 Å². The zero-order valence-corrected chi connectivity index (χ0v) is 16.4. The summed E-state index contributed by atoms with van der Waals surface area (Å²) in [6, 6.07) is 0.752. The van der Waals surface area contributed by atoms with Gasteiger partial charge in [0.1, 0.15) is 0 Å². The summed E-state index contributed by atoms with van der Waals surface area (Å²) in [5.74, 6) is 1.82. The number of nitrogens with zero attached hydrogens (tertiary/aromatic N) is 1. The van der Waals surface area contributed by atoms with Gasteiger partial charge in [-0.2, -0.15) is 0 Å². The SMILES string of the molecule is CCC1CCC(C)N(CCOC2CCC(C(C)(C)CC)CC2)C1. The highest BCUT2D eigenvalue weighted by Crippen LogP contribution is 2.41. The molecule has 0 aromatic rings. The molecular weight excluding hydrogens is 282 g/mol. The predicted molar refractivity (Wildman–Crippen MR) is 99.8 cm³/mol. The molecule has 2 rings (SSSR count). The molecule has 1 aliphatic heterocycles. The molecular formula is C21H41NO. The third-order valence-corrected chi connectivity index (χ3v) is 7.11. The molecule has 2 heteroatoms. The van der Waals surface area contributed by atoms with E-state index in [-0.39, 0.29) is 0 Å². The molecule has 1 aliphatic carbocycles. The number of rotatable bonds is 7. The standard InChI is InChI=1S/C21H41NO/c1-6-18-9-8-17(3)22(16-18)14-15-23-20-12-10-19(11-13-20)21(4,5)7-2/h17-20H,6-16H2,1-5H3. The van der Waals surface area contributed by atoms with Crippen LogP contribution in [0.15, 0.2) is 0 Å². The van der Waals surface area contributed by atoms with Crippen molar-refractivity contribution in [1.29, 1.82) is 0 Å². The fourth-order valence-corrected chi connectivity index (χ4v) is 4.54. The van der Waals surface area contributed by atoms with E-state index in [2.05, 4.69) is 39.5 Å². The van der Waals surface area contributed by atoms with E-state index in [1.807, 2.05) is 0 Å². The normalized spacial score (nSPS) is 33.8. The molecule has 136 valence electrons. The van der Waals surface area contributed by atoms with Crippen LogP contribution in [0, 0.1) is 17.3 Å². The van der Waals surface area contributed by atoms with Crippen LogP contribution < -0.4 is 0 Å². The maximum atomic E-state index is 6.26. The Labute approximate surface area is 145 Å². The molecule has 0 N–H and O–H groups in total. The Morgan fingerprint density at radius 1 is 1.00 bits per heavy atom. The fourth-order valence-electron chi connectivity index (χ4n) is 4.54. The highest BCUT2D eigenvalue weighted by molar-refractivity contribution is 4.83. The lowest BCUT2D eigenvalue weighted by atomic mass is 9.69. The van der Waals surface area contributed by atoms with Crippen LogP contribution in [-0.4, -0.2) is 36.7 Å². The molecule has 0 spiro atoms. The second-order valence-electron chi connectivity index (χ2n) is 8.88. The number of ether oxygens (including phenoxy) is 1. The number of hydrogen-bond donors (Lipinski definition) is 0. The van der Waals surface area contributed by atoms with Crippen LogP contribution >= 0.6 is 0 Å². The summed E-state index contributed by atoms with van der Waals surface area (Å²) in [5.41, 5.74) is 0.517. The zero-order chi connectivity index (χ0) is 16.9. The maximum absolute atomic E-state index is 6.26. The van der Waals surface area contributed by atoms with Crippen molar-refractivity contribution in [3.63, 3.8) is 0 Å². The molecule has 2 unspecified atom stereocenters. The lowest BCUT2D eigenvalue weighted by molar-refractivity contribution is -0.0166. The first-order valence-electron chi connectivity index (χ1n) is 10.3. The van der Waals surface area contributed by atoms with E-state index < -0.39 is 0 Å². The van der Waals surface area contributed by atoms with Crippen molar-refractivity contribution >= 4 is 0 Å². The van der Waals surface area contributed by atoms with E-state index in [1.165, 1.54) is 57.9 Å². The Balaban J connectivity index is 1.66. The Bertz CT molecular complexity index is 333. The summed E-state index contributed by atoms with van der Waals surface area (Å²) in [5, 5.41) is 0. The monoisotopic (exact) mass is 323 g/mol. The van der Waals surface area contributed by atoms with Gasteiger partial charge in [0.25, 0.3) is 0 Å². The van der Waals surface area contributed by atoms with Crippen molar-refractivity contribution in [3.8, 4) is 0 Å². The van der Waals surface area contributed by atoms with Gasteiger partial charge in [0, 0.05) is 19.1 Å². The van der Waals surface area contributed by atoms with Crippen molar-refractivity contribution in [1.82, 2.24) is 4.90 Å². The lowest BCUT2D eigenvalue weighted by Gasteiger charge is -2.40. The van der Waals surface area contributed by atoms with E-state index >= 15 is 0 Å². The summed E-state index contributed by atoms with van der Waals surface area (Å²) < 4.78 is 6.26. The maximum Gasteiger partial charge on any atom is 0.0597 e. The third-order valence-electron chi connectivity index (χ3n) is 7.11. The Morgan fingerprint density at radius 3 is 2.30 bits per heavy atom. The van der Waals surface area contributed by atoms with Gasteiger partial charge in [-0.15, -0.1) is 0 Å². The predicted octanol–water partition coefficient (Wildman–Crippen LogP) is 5.51. The van der Waals surface area contributed by atoms with Gasteiger partial charge >= 0.3 is 0 Å². The Kier molecular flexibility index (Phi) is 7.41. The molecule has 2 fully saturated rings. The van der Waals surface area contributed by atoms with Gasteiger partial charge in [-0.3, -0.25) is 4.90 Å². The highest BCUT2D eigenvalue weighted by Gasteiger charge is 2.32. The molecule has 2 atom stereocenters. The minimum Gasteiger partial charge on any atom is -0.377 e. The molecule has 0 bridgehead atoms. The van der Waals surface area contributed by atoms with Crippen LogP contribution in [0.5, 0.6) is 0 Å². The molecule has 2 nitrogen and oxygen atoms in total. The van der Waals surface area contributed by atoms with Gasteiger partial charge in [0.2, 0.25) is 0 Å². The van der Waals surface area contributed by atoms with Gasteiger partial charge in [-0.05, 0) is 62.7 Å². The van der Waals surface area contributed by atoms with Crippen molar-refractivity contribution in [2.45, 2.75) is 98.1 Å². The molecule has 1 heterocycles. The van der Waals surface area contributed by atoms with Gasteiger partial charge in [-0.1, -0.05) is 40.5 Å². The van der Waals surface area contributed by atoms with Crippen molar-refractivity contribution < 1.29 is 4.74 Å². The van der Waals surface area contributed by atoms with Gasteiger partial charge in [-0.25, -0.2) is 0 Å².